The molecule has 0 saturated heterocycles. The molecule has 124 valence electrons. The van der Waals surface area contributed by atoms with Crippen LogP contribution in [0.2, 0.25) is 0 Å². The van der Waals surface area contributed by atoms with Gasteiger partial charge in [0.15, 0.2) is 0 Å². The molecule has 0 radical (unpaired) electrons. The van der Waals surface area contributed by atoms with Gasteiger partial charge in [-0.2, -0.15) is 5.10 Å². The molecule has 3 nitrogen and oxygen atoms in total. The standard InChI is InChI=1S/C20H15BrN2OS/c21-14-6-3-5-13(11-14)20-23-17(15-7-1-2-8-18(15)24-20)12-16(22-23)19-9-4-10-25-19/h1-11,17,20H,12H2/t17-,20+/m0/s1. The van der Waals surface area contributed by atoms with Gasteiger partial charge in [0.1, 0.15) is 5.75 Å². The number of benzene rings is 2. The van der Waals surface area contributed by atoms with Crippen molar-refractivity contribution in [1.82, 2.24) is 5.01 Å². The molecule has 5 rings (SSSR count). The van der Waals surface area contributed by atoms with Crippen molar-refractivity contribution in [3.8, 4) is 5.75 Å². The van der Waals surface area contributed by atoms with E-state index < -0.39 is 0 Å². The van der Waals surface area contributed by atoms with Gasteiger partial charge in [-0.3, -0.25) is 0 Å². The van der Waals surface area contributed by atoms with E-state index in [4.69, 9.17) is 9.84 Å². The van der Waals surface area contributed by atoms with E-state index in [1.54, 1.807) is 11.3 Å². The third-order valence-electron chi connectivity index (χ3n) is 4.64. The maximum absolute atomic E-state index is 6.35. The monoisotopic (exact) mass is 410 g/mol. The highest BCUT2D eigenvalue weighted by atomic mass is 79.9. The number of fused-ring (bicyclic) bond motifs is 3. The summed E-state index contributed by atoms with van der Waals surface area (Å²) >= 11 is 5.31. The zero-order valence-electron chi connectivity index (χ0n) is 13.3. The number of para-hydroxylation sites is 1. The third-order valence-corrected chi connectivity index (χ3v) is 6.05. The molecular formula is C20H15BrN2OS. The number of hydrogen-bond donors (Lipinski definition) is 0. The van der Waals surface area contributed by atoms with E-state index in [1.165, 1.54) is 10.4 Å². The molecule has 0 saturated carbocycles. The van der Waals surface area contributed by atoms with Crippen LogP contribution in [0.3, 0.4) is 0 Å². The first-order valence-corrected chi connectivity index (χ1v) is 9.87. The Morgan fingerprint density at radius 3 is 2.84 bits per heavy atom. The van der Waals surface area contributed by atoms with Crippen LogP contribution in [0.25, 0.3) is 0 Å². The highest BCUT2D eigenvalue weighted by Gasteiger charge is 2.40. The molecule has 25 heavy (non-hydrogen) atoms. The van der Waals surface area contributed by atoms with Crippen LogP contribution in [0, 0.1) is 0 Å². The topological polar surface area (TPSA) is 24.8 Å². The molecule has 2 aliphatic rings. The Morgan fingerprint density at radius 2 is 2.00 bits per heavy atom. The van der Waals surface area contributed by atoms with Gasteiger partial charge in [-0.15, -0.1) is 11.3 Å². The van der Waals surface area contributed by atoms with Gasteiger partial charge in [0.25, 0.3) is 0 Å². The Hall–Kier alpha value is -2.11. The first kappa shape index (κ1) is 15.2. The molecule has 3 aromatic rings. The van der Waals surface area contributed by atoms with E-state index in [1.807, 2.05) is 18.2 Å². The predicted molar refractivity (Wildman–Crippen MR) is 104 cm³/mol. The van der Waals surface area contributed by atoms with Crippen LogP contribution in [-0.4, -0.2) is 10.7 Å². The number of nitrogens with zero attached hydrogens (tertiary/aromatic N) is 2. The van der Waals surface area contributed by atoms with Crippen LogP contribution in [0.5, 0.6) is 5.75 Å². The lowest BCUT2D eigenvalue weighted by molar-refractivity contribution is -0.0190. The number of hydrazone groups is 1. The van der Waals surface area contributed by atoms with Gasteiger partial charge < -0.3 is 4.74 Å². The van der Waals surface area contributed by atoms with Crippen LogP contribution in [0.15, 0.2) is 75.6 Å². The quantitative estimate of drug-likeness (QED) is 0.536. The third kappa shape index (κ3) is 2.58. The number of halogens is 1. The van der Waals surface area contributed by atoms with Gasteiger partial charge in [-0.1, -0.05) is 52.3 Å². The van der Waals surface area contributed by atoms with E-state index in [9.17, 15) is 0 Å². The molecule has 2 atom stereocenters. The van der Waals surface area contributed by atoms with Gasteiger partial charge in [0.05, 0.1) is 16.6 Å². The fourth-order valence-electron chi connectivity index (χ4n) is 3.51. The molecule has 5 heteroatoms. The number of hydrogen-bond acceptors (Lipinski definition) is 4. The summed E-state index contributed by atoms with van der Waals surface area (Å²) in [7, 11) is 0. The number of rotatable bonds is 2. The largest absolute Gasteiger partial charge is 0.464 e. The van der Waals surface area contributed by atoms with E-state index in [0.29, 0.717) is 0 Å². The Balaban J connectivity index is 1.62. The summed E-state index contributed by atoms with van der Waals surface area (Å²) in [6.45, 7) is 0. The van der Waals surface area contributed by atoms with Crippen molar-refractivity contribution in [3.63, 3.8) is 0 Å². The van der Waals surface area contributed by atoms with Crippen molar-refractivity contribution in [3.05, 3.63) is 86.5 Å². The normalized spacial score (nSPS) is 21.3. The lowest BCUT2D eigenvalue weighted by atomic mass is 9.98. The second-order valence-electron chi connectivity index (χ2n) is 6.19. The summed E-state index contributed by atoms with van der Waals surface area (Å²) in [6, 6.07) is 21.0. The molecular weight excluding hydrogens is 396 g/mol. The SMILES string of the molecule is Brc1cccc([C@H]2Oc3ccccc3[C@@H]3CC(c4cccs4)=NN23)c1. The van der Waals surface area contributed by atoms with Crippen LogP contribution in [0.1, 0.15) is 34.7 Å². The van der Waals surface area contributed by atoms with Crippen molar-refractivity contribution < 1.29 is 4.74 Å². The summed E-state index contributed by atoms with van der Waals surface area (Å²) < 4.78 is 7.40. The number of thiophene rings is 1. The highest BCUT2D eigenvalue weighted by Crippen LogP contribution is 2.47. The molecule has 0 spiro atoms. The maximum Gasteiger partial charge on any atom is 0.213 e. The molecule has 0 fully saturated rings. The second kappa shape index (κ2) is 6.00. The van der Waals surface area contributed by atoms with Crippen LogP contribution in [-0.2, 0) is 0 Å². The molecule has 0 amide bonds. The lowest BCUT2D eigenvalue weighted by Gasteiger charge is -2.38. The van der Waals surface area contributed by atoms with E-state index in [2.05, 4.69) is 68.8 Å². The van der Waals surface area contributed by atoms with Gasteiger partial charge in [0, 0.05) is 22.0 Å². The van der Waals surface area contributed by atoms with Crippen molar-refractivity contribution >= 4 is 33.0 Å². The van der Waals surface area contributed by atoms with Crippen molar-refractivity contribution in [2.75, 3.05) is 0 Å². The second-order valence-corrected chi connectivity index (χ2v) is 8.05. The van der Waals surface area contributed by atoms with Gasteiger partial charge >= 0.3 is 0 Å². The van der Waals surface area contributed by atoms with Gasteiger partial charge in [-0.05, 0) is 29.6 Å². The Morgan fingerprint density at radius 1 is 1.08 bits per heavy atom. The summed E-state index contributed by atoms with van der Waals surface area (Å²) in [6.07, 6.45) is 0.695. The summed E-state index contributed by atoms with van der Waals surface area (Å²) in [4.78, 5) is 1.24. The molecule has 0 N–H and O–H groups in total. The highest BCUT2D eigenvalue weighted by molar-refractivity contribution is 9.10. The van der Waals surface area contributed by atoms with Crippen molar-refractivity contribution in [2.24, 2.45) is 5.10 Å². The number of ether oxygens (including phenoxy) is 1. The minimum absolute atomic E-state index is 0.213. The smallest absolute Gasteiger partial charge is 0.213 e. The van der Waals surface area contributed by atoms with E-state index in [0.717, 1.165) is 27.9 Å². The van der Waals surface area contributed by atoms with Gasteiger partial charge in [-0.25, -0.2) is 5.01 Å². The predicted octanol–water partition coefficient (Wildman–Crippen LogP) is 5.75. The van der Waals surface area contributed by atoms with Crippen LogP contribution >= 0.6 is 27.3 Å². The van der Waals surface area contributed by atoms with Crippen molar-refractivity contribution in [1.29, 1.82) is 0 Å². The summed E-state index contributed by atoms with van der Waals surface area (Å²) in [5.74, 6) is 0.955. The van der Waals surface area contributed by atoms with E-state index in [-0.39, 0.29) is 12.3 Å². The first-order chi connectivity index (χ1) is 12.3. The minimum Gasteiger partial charge on any atom is -0.464 e. The first-order valence-electron chi connectivity index (χ1n) is 8.20. The summed E-state index contributed by atoms with van der Waals surface area (Å²) in [5.41, 5.74) is 3.45. The molecule has 0 bridgehead atoms. The molecule has 0 unspecified atom stereocenters. The van der Waals surface area contributed by atoms with Crippen molar-refractivity contribution in [2.45, 2.75) is 18.7 Å². The lowest BCUT2D eigenvalue weighted by Crippen LogP contribution is -2.33. The molecule has 3 heterocycles. The Labute approximate surface area is 158 Å². The Kier molecular flexibility index (Phi) is 3.64. The van der Waals surface area contributed by atoms with Crippen LogP contribution in [0.4, 0.5) is 0 Å². The van der Waals surface area contributed by atoms with Gasteiger partial charge in [0.2, 0.25) is 6.23 Å². The molecule has 2 aliphatic heterocycles. The maximum atomic E-state index is 6.35. The zero-order chi connectivity index (χ0) is 16.8. The Bertz CT molecular complexity index is 954. The van der Waals surface area contributed by atoms with E-state index >= 15 is 0 Å². The zero-order valence-corrected chi connectivity index (χ0v) is 15.7. The fourth-order valence-corrected chi connectivity index (χ4v) is 4.64. The average molecular weight is 411 g/mol. The fraction of sp³-hybridized carbons (Fsp3) is 0.150. The minimum atomic E-state index is -0.213. The molecule has 1 aromatic heterocycles. The molecule has 0 aliphatic carbocycles. The summed E-state index contributed by atoms with van der Waals surface area (Å²) in [5, 5.41) is 9.19. The molecule has 2 aromatic carbocycles. The average Bonchev–Trinajstić information content (AvgIpc) is 3.30. The van der Waals surface area contributed by atoms with Crippen LogP contribution < -0.4 is 4.74 Å².